The fraction of sp³-hybridized carbons (Fsp3) is 0.400. The number of thioether (sulfide) groups is 1. The van der Waals surface area contributed by atoms with E-state index in [2.05, 4.69) is 73.8 Å². The van der Waals surface area contributed by atoms with Crippen LogP contribution in [-0.4, -0.2) is 25.8 Å². The van der Waals surface area contributed by atoms with Crippen molar-refractivity contribution in [3.05, 3.63) is 65.7 Å². The molecule has 0 amide bonds. The molecule has 2 aromatic rings. The highest BCUT2D eigenvalue weighted by Crippen LogP contribution is 2.42. The van der Waals surface area contributed by atoms with Crippen molar-refractivity contribution in [3.63, 3.8) is 0 Å². The zero-order valence-electron chi connectivity index (χ0n) is 13.9. The maximum Gasteiger partial charge on any atom is 0.0862 e. The molecule has 2 unspecified atom stereocenters. The summed E-state index contributed by atoms with van der Waals surface area (Å²) in [6.07, 6.45) is 0.205. The summed E-state index contributed by atoms with van der Waals surface area (Å²) in [7, 11) is 0. The maximum absolute atomic E-state index is 6.08. The van der Waals surface area contributed by atoms with E-state index >= 15 is 0 Å². The second kappa shape index (κ2) is 8.00. The number of benzene rings is 2. The standard InChI is InChI=1S/C20H25NOS/c1-15(2)17-10-6-7-11-19(17)23-20(16-8-4-3-5-9-16)18-14-21-12-13-22-18/h3-11,15,18,20-21H,12-14H2,1-2H3. The van der Waals surface area contributed by atoms with Crippen molar-refractivity contribution in [2.45, 2.75) is 36.0 Å². The lowest BCUT2D eigenvalue weighted by Crippen LogP contribution is -2.41. The first kappa shape index (κ1) is 16.6. The predicted molar refractivity (Wildman–Crippen MR) is 98.2 cm³/mol. The van der Waals surface area contributed by atoms with Gasteiger partial charge in [-0.3, -0.25) is 0 Å². The molecule has 122 valence electrons. The summed E-state index contributed by atoms with van der Waals surface area (Å²) < 4.78 is 6.08. The number of hydrogen-bond donors (Lipinski definition) is 1. The topological polar surface area (TPSA) is 21.3 Å². The Kier molecular flexibility index (Phi) is 5.76. The van der Waals surface area contributed by atoms with Gasteiger partial charge in [0.05, 0.1) is 18.0 Å². The second-order valence-corrected chi connectivity index (χ2v) is 7.44. The Balaban J connectivity index is 1.90. The molecule has 0 spiro atoms. The lowest BCUT2D eigenvalue weighted by Gasteiger charge is -2.31. The average Bonchev–Trinajstić information content (AvgIpc) is 2.61. The van der Waals surface area contributed by atoms with Crippen LogP contribution in [0.25, 0.3) is 0 Å². The first-order valence-corrected chi connectivity index (χ1v) is 9.26. The maximum atomic E-state index is 6.08. The number of morpholine rings is 1. The molecule has 2 nitrogen and oxygen atoms in total. The van der Waals surface area contributed by atoms with Crippen LogP contribution in [0, 0.1) is 0 Å². The molecule has 0 aliphatic carbocycles. The van der Waals surface area contributed by atoms with Crippen molar-refractivity contribution in [1.29, 1.82) is 0 Å². The van der Waals surface area contributed by atoms with Gasteiger partial charge in [0.25, 0.3) is 0 Å². The molecule has 3 heteroatoms. The van der Waals surface area contributed by atoms with Crippen LogP contribution in [-0.2, 0) is 4.74 Å². The van der Waals surface area contributed by atoms with Crippen LogP contribution >= 0.6 is 11.8 Å². The summed E-state index contributed by atoms with van der Waals surface area (Å²) in [4.78, 5) is 1.37. The van der Waals surface area contributed by atoms with E-state index in [9.17, 15) is 0 Å². The van der Waals surface area contributed by atoms with Gasteiger partial charge in [0.2, 0.25) is 0 Å². The van der Waals surface area contributed by atoms with Crippen LogP contribution in [0.5, 0.6) is 0 Å². The Hall–Kier alpha value is -1.29. The van der Waals surface area contributed by atoms with Crippen molar-refractivity contribution in [2.75, 3.05) is 19.7 Å². The Morgan fingerprint density at radius 2 is 1.78 bits per heavy atom. The van der Waals surface area contributed by atoms with Crippen LogP contribution in [0.4, 0.5) is 0 Å². The van der Waals surface area contributed by atoms with Crippen LogP contribution in [0.3, 0.4) is 0 Å². The largest absolute Gasteiger partial charge is 0.374 e. The number of ether oxygens (including phenoxy) is 1. The molecule has 2 aromatic carbocycles. The molecule has 0 saturated carbocycles. The van der Waals surface area contributed by atoms with Gasteiger partial charge in [-0.1, -0.05) is 62.4 Å². The van der Waals surface area contributed by atoms with Gasteiger partial charge in [-0.2, -0.15) is 0 Å². The molecular weight excluding hydrogens is 302 g/mol. The fourth-order valence-electron chi connectivity index (χ4n) is 2.98. The summed E-state index contributed by atoms with van der Waals surface area (Å²) in [6.45, 7) is 7.17. The minimum atomic E-state index is 0.205. The summed E-state index contributed by atoms with van der Waals surface area (Å²) in [5.74, 6) is 0.528. The van der Waals surface area contributed by atoms with Crippen molar-refractivity contribution in [1.82, 2.24) is 5.32 Å². The molecule has 1 aliphatic heterocycles. The van der Waals surface area contributed by atoms with Crippen LogP contribution < -0.4 is 5.32 Å². The quantitative estimate of drug-likeness (QED) is 0.809. The third-order valence-corrected chi connectivity index (χ3v) is 5.67. The molecule has 1 saturated heterocycles. The molecule has 3 rings (SSSR count). The Morgan fingerprint density at radius 3 is 2.48 bits per heavy atom. The molecule has 1 fully saturated rings. The molecule has 1 heterocycles. The van der Waals surface area contributed by atoms with Crippen LogP contribution in [0.1, 0.15) is 36.1 Å². The van der Waals surface area contributed by atoms with E-state index in [1.165, 1.54) is 16.0 Å². The molecule has 1 N–H and O–H groups in total. The third-order valence-electron chi connectivity index (χ3n) is 4.22. The van der Waals surface area contributed by atoms with Gasteiger partial charge in [0, 0.05) is 18.0 Å². The van der Waals surface area contributed by atoms with Gasteiger partial charge in [0.15, 0.2) is 0 Å². The van der Waals surface area contributed by atoms with Crippen molar-refractivity contribution >= 4 is 11.8 Å². The number of hydrogen-bond acceptors (Lipinski definition) is 3. The summed E-state index contributed by atoms with van der Waals surface area (Å²) in [5, 5.41) is 3.78. The highest BCUT2D eigenvalue weighted by atomic mass is 32.2. The lowest BCUT2D eigenvalue weighted by atomic mass is 10.0. The molecule has 0 aromatic heterocycles. The predicted octanol–water partition coefficient (Wildman–Crippen LogP) is 4.63. The molecular formula is C20H25NOS. The third kappa shape index (κ3) is 4.17. The first-order valence-electron chi connectivity index (χ1n) is 8.38. The van der Waals surface area contributed by atoms with E-state index in [1.807, 2.05) is 11.8 Å². The van der Waals surface area contributed by atoms with Crippen LogP contribution in [0.2, 0.25) is 0 Å². The second-order valence-electron chi connectivity index (χ2n) is 6.26. The van der Waals surface area contributed by atoms with Gasteiger partial charge in [0.1, 0.15) is 0 Å². The average molecular weight is 327 g/mol. The zero-order valence-corrected chi connectivity index (χ0v) is 14.7. The van der Waals surface area contributed by atoms with Gasteiger partial charge in [-0.25, -0.2) is 0 Å². The minimum Gasteiger partial charge on any atom is -0.374 e. The van der Waals surface area contributed by atoms with Crippen LogP contribution in [0.15, 0.2) is 59.5 Å². The van der Waals surface area contributed by atoms with E-state index in [4.69, 9.17) is 4.74 Å². The van der Waals surface area contributed by atoms with E-state index in [0.29, 0.717) is 11.2 Å². The number of nitrogens with one attached hydrogen (secondary N) is 1. The minimum absolute atomic E-state index is 0.205. The van der Waals surface area contributed by atoms with Crippen molar-refractivity contribution < 1.29 is 4.74 Å². The summed E-state index contributed by atoms with van der Waals surface area (Å²) in [5.41, 5.74) is 2.76. The highest BCUT2D eigenvalue weighted by Gasteiger charge is 2.27. The fourth-order valence-corrected chi connectivity index (χ4v) is 4.47. The SMILES string of the molecule is CC(C)c1ccccc1SC(c1ccccc1)C1CNCCO1. The van der Waals surface area contributed by atoms with Gasteiger partial charge in [-0.05, 0) is 23.1 Å². The van der Waals surface area contributed by atoms with Crippen molar-refractivity contribution in [2.24, 2.45) is 0 Å². The Bertz CT molecular complexity index is 608. The summed E-state index contributed by atoms with van der Waals surface area (Å²) in [6, 6.07) is 19.5. The Morgan fingerprint density at radius 1 is 1.04 bits per heavy atom. The van der Waals surface area contributed by atoms with Gasteiger partial charge in [-0.15, -0.1) is 11.8 Å². The first-order chi connectivity index (χ1) is 11.3. The Labute approximate surface area is 143 Å². The van der Waals surface area contributed by atoms with Gasteiger partial charge < -0.3 is 10.1 Å². The smallest absolute Gasteiger partial charge is 0.0862 e. The van der Waals surface area contributed by atoms with Crippen molar-refractivity contribution in [3.8, 4) is 0 Å². The summed E-state index contributed by atoms with van der Waals surface area (Å²) >= 11 is 1.94. The molecule has 1 aliphatic rings. The normalized spacial score (nSPS) is 19.7. The molecule has 0 bridgehead atoms. The van der Waals surface area contributed by atoms with E-state index in [0.717, 1.165) is 19.7 Å². The van der Waals surface area contributed by atoms with E-state index < -0.39 is 0 Å². The monoisotopic (exact) mass is 327 g/mol. The number of rotatable bonds is 5. The lowest BCUT2D eigenvalue weighted by molar-refractivity contribution is 0.0273. The van der Waals surface area contributed by atoms with Gasteiger partial charge >= 0.3 is 0 Å². The highest BCUT2D eigenvalue weighted by molar-refractivity contribution is 7.99. The molecule has 2 atom stereocenters. The zero-order chi connectivity index (χ0) is 16.1. The van der Waals surface area contributed by atoms with E-state index in [-0.39, 0.29) is 6.10 Å². The molecule has 0 radical (unpaired) electrons. The van der Waals surface area contributed by atoms with E-state index in [1.54, 1.807) is 0 Å². The molecule has 23 heavy (non-hydrogen) atoms.